The molecule has 0 radical (unpaired) electrons. The van der Waals surface area contributed by atoms with Gasteiger partial charge < -0.3 is 11.1 Å². The van der Waals surface area contributed by atoms with Gasteiger partial charge >= 0.3 is 0 Å². The first kappa shape index (κ1) is 12.6. The summed E-state index contributed by atoms with van der Waals surface area (Å²) >= 11 is 0. The Balaban J connectivity index is 0.000000791. The van der Waals surface area contributed by atoms with Gasteiger partial charge in [-0.25, -0.2) is 4.39 Å². The highest BCUT2D eigenvalue weighted by atomic mass is 19.1. The van der Waals surface area contributed by atoms with E-state index in [0.717, 1.165) is 5.56 Å². The minimum atomic E-state index is -0.407. The molecule has 0 heterocycles. The van der Waals surface area contributed by atoms with Crippen molar-refractivity contribution in [1.29, 1.82) is 0 Å². The highest BCUT2D eigenvalue weighted by Crippen LogP contribution is 2.14. The van der Waals surface area contributed by atoms with E-state index in [1.54, 1.807) is 12.1 Å². The summed E-state index contributed by atoms with van der Waals surface area (Å²) in [4.78, 5) is 10.6. The highest BCUT2D eigenvalue weighted by molar-refractivity contribution is 5.88. The number of aryl methyl sites for hydroxylation is 1. The summed E-state index contributed by atoms with van der Waals surface area (Å²) in [6, 6.07) is 4.58. The molecule has 3 nitrogen and oxygen atoms in total. The molecule has 0 unspecified atom stereocenters. The van der Waals surface area contributed by atoms with Crippen molar-refractivity contribution in [2.45, 2.75) is 13.8 Å². The molecule has 0 aliphatic carbocycles. The van der Waals surface area contributed by atoms with E-state index in [9.17, 15) is 9.18 Å². The third-order valence-corrected chi connectivity index (χ3v) is 1.43. The number of benzene rings is 1. The summed E-state index contributed by atoms with van der Waals surface area (Å²) in [6.45, 7) is 3.19. The number of halogens is 1. The molecule has 3 N–H and O–H groups in total. The first-order valence-corrected chi connectivity index (χ1v) is 4.21. The van der Waals surface area contributed by atoms with Gasteiger partial charge in [-0.3, -0.25) is 4.79 Å². The molecule has 0 aliphatic rings. The van der Waals surface area contributed by atoms with Crippen LogP contribution < -0.4 is 11.1 Å². The van der Waals surface area contributed by atoms with Gasteiger partial charge in [-0.2, -0.15) is 0 Å². The Morgan fingerprint density at radius 1 is 1.43 bits per heavy atom. The minimum Gasteiger partial charge on any atom is -0.333 e. The predicted octanol–water partition coefficient (Wildman–Crippen LogP) is 1.67. The van der Waals surface area contributed by atoms with Gasteiger partial charge in [0, 0.05) is 6.92 Å². The van der Waals surface area contributed by atoms with E-state index >= 15 is 0 Å². The van der Waals surface area contributed by atoms with E-state index in [4.69, 9.17) is 0 Å². The van der Waals surface area contributed by atoms with Crippen molar-refractivity contribution in [1.82, 2.24) is 0 Å². The minimum absolute atomic E-state index is 0.238. The Morgan fingerprint density at radius 3 is 2.50 bits per heavy atom. The third-order valence-electron chi connectivity index (χ3n) is 1.43. The maximum atomic E-state index is 12.9. The average Bonchev–Trinajstić information content (AvgIpc) is 2.14. The fourth-order valence-corrected chi connectivity index (χ4v) is 0.925. The van der Waals surface area contributed by atoms with Crippen LogP contribution >= 0.6 is 0 Å². The van der Waals surface area contributed by atoms with Crippen molar-refractivity contribution >= 4 is 11.6 Å². The van der Waals surface area contributed by atoms with Gasteiger partial charge in [0.1, 0.15) is 5.82 Å². The molecular weight excluding hydrogens is 183 g/mol. The van der Waals surface area contributed by atoms with E-state index in [1.165, 1.54) is 20.0 Å². The van der Waals surface area contributed by atoms with Crippen LogP contribution in [0, 0.1) is 12.7 Å². The van der Waals surface area contributed by atoms with E-state index in [2.05, 4.69) is 11.1 Å². The standard InChI is InChI=1S/C9H10FNO.CH5N/c1-6-3-4-8(10)9(5-6)11-7(2)12;1-2/h3-5H,1-2H3,(H,11,12);2H2,1H3. The fourth-order valence-electron chi connectivity index (χ4n) is 0.925. The van der Waals surface area contributed by atoms with Crippen LogP contribution in [0.4, 0.5) is 10.1 Å². The van der Waals surface area contributed by atoms with Crippen LogP contribution in [0.3, 0.4) is 0 Å². The lowest BCUT2D eigenvalue weighted by molar-refractivity contribution is -0.114. The Bertz CT molecular complexity index is 313. The van der Waals surface area contributed by atoms with Gasteiger partial charge in [0.25, 0.3) is 0 Å². The molecule has 0 saturated heterocycles. The lowest BCUT2D eigenvalue weighted by Gasteiger charge is -2.03. The Kier molecular flexibility index (Phi) is 5.48. The SMILES string of the molecule is CC(=O)Nc1cc(C)ccc1F.CN. The number of rotatable bonds is 1. The zero-order valence-corrected chi connectivity index (χ0v) is 8.60. The van der Waals surface area contributed by atoms with Crippen LogP contribution in [0.1, 0.15) is 12.5 Å². The van der Waals surface area contributed by atoms with Gasteiger partial charge in [-0.15, -0.1) is 0 Å². The number of nitrogens with two attached hydrogens (primary N) is 1. The zero-order chi connectivity index (χ0) is 11.1. The molecule has 1 amide bonds. The van der Waals surface area contributed by atoms with Crippen LogP contribution in [-0.4, -0.2) is 13.0 Å². The summed E-state index contributed by atoms with van der Waals surface area (Å²) in [5, 5.41) is 2.40. The first-order chi connectivity index (χ1) is 6.59. The maximum Gasteiger partial charge on any atom is 0.221 e. The van der Waals surface area contributed by atoms with E-state index < -0.39 is 5.82 Å². The van der Waals surface area contributed by atoms with Gasteiger partial charge in [0.15, 0.2) is 0 Å². The fraction of sp³-hybridized carbons (Fsp3) is 0.300. The second kappa shape index (κ2) is 6.10. The van der Waals surface area contributed by atoms with Crippen molar-refractivity contribution in [2.75, 3.05) is 12.4 Å². The third kappa shape index (κ3) is 4.00. The number of hydrogen-bond acceptors (Lipinski definition) is 2. The number of anilines is 1. The summed E-state index contributed by atoms with van der Waals surface area (Å²) in [7, 11) is 1.50. The molecule has 1 aromatic rings. The van der Waals surface area contributed by atoms with Crippen LogP contribution in [-0.2, 0) is 4.79 Å². The van der Waals surface area contributed by atoms with Crippen LogP contribution in [0.15, 0.2) is 18.2 Å². The highest BCUT2D eigenvalue weighted by Gasteiger charge is 2.02. The summed E-state index contributed by atoms with van der Waals surface area (Å²) in [5.74, 6) is -0.671. The largest absolute Gasteiger partial charge is 0.333 e. The monoisotopic (exact) mass is 198 g/mol. The number of nitrogens with one attached hydrogen (secondary N) is 1. The molecule has 0 fully saturated rings. The number of carbonyl (C=O) groups excluding carboxylic acids is 1. The van der Waals surface area contributed by atoms with E-state index in [-0.39, 0.29) is 11.6 Å². The Morgan fingerprint density at radius 2 is 2.00 bits per heavy atom. The number of carbonyl (C=O) groups is 1. The molecule has 0 aliphatic heterocycles. The van der Waals surface area contributed by atoms with Crippen molar-refractivity contribution in [3.05, 3.63) is 29.6 Å². The molecule has 1 aromatic carbocycles. The molecule has 0 atom stereocenters. The summed E-state index contributed by atoms with van der Waals surface area (Å²) in [6.07, 6.45) is 0. The van der Waals surface area contributed by atoms with E-state index in [1.807, 2.05) is 6.92 Å². The molecule has 1 rings (SSSR count). The summed E-state index contributed by atoms with van der Waals surface area (Å²) in [5.41, 5.74) is 5.66. The maximum absolute atomic E-state index is 12.9. The second-order valence-electron chi connectivity index (χ2n) is 2.66. The van der Waals surface area contributed by atoms with Crippen LogP contribution in [0.5, 0.6) is 0 Å². The topological polar surface area (TPSA) is 55.1 Å². The van der Waals surface area contributed by atoms with Gasteiger partial charge in [-0.1, -0.05) is 6.07 Å². The molecule has 78 valence electrons. The normalized spacial score (nSPS) is 8.64. The number of hydrogen-bond donors (Lipinski definition) is 2. The quantitative estimate of drug-likeness (QED) is 0.721. The van der Waals surface area contributed by atoms with Crippen molar-refractivity contribution < 1.29 is 9.18 Å². The molecule has 14 heavy (non-hydrogen) atoms. The van der Waals surface area contributed by atoms with Gasteiger partial charge in [-0.05, 0) is 31.7 Å². The molecule has 0 bridgehead atoms. The van der Waals surface area contributed by atoms with Crippen molar-refractivity contribution in [3.8, 4) is 0 Å². The number of amides is 1. The Hall–Kier alpha value is -1.42. The molecule has 0 spiro atoms. The van der Waals surface area contributed by atoms with Crippen molar-refractivity contribution in [2.24, 2.45) is 5.73 Å². The molecule has 0 saturated carbocycles. The Labute approximate surface area is 83.1 Å². The lowest BCUT2D eigenvalue weighted by atomic mass is 10.2. The molecule has 4 heteroatoms. The van der Waals surface area contributed by atoms with Crippen LogP contribution in [0.25, 0.3) is 0 Å². The first-order valence-electron chi connectivity index (χ1n) is 4.21. The second-order valence-corrected chi connectivity index (χ2v) is 2.66. The zero-order valence-electron chi connectivity index (χ0n) is 8.60. The lowest BCUT2D eigenvalue weighted by Crippen LogP contribution is -2.07. The molecular formula is C10H15FN2O. The van der Waals surface area contributed by atoms with Gasteiger partial charge in [0.05, 0.1) is 5.69 Å². The summed E-state index contributed by atoms with van der Waals surface area (Å²) < 4.78 is 12.9. The smallest absolute Gasteiger partial charge is 0.221 e. The molecule has 0 aromatic heterocycles. The van der Waals surface area contributed by atoms with E-state index in [0.29, 0.717) is 0 Å². The van der Waals surface area contributed by atoms with Gasteiger partial charge in [0.2, 0.25) is 5.91 Å². The van der Waals surface area contributed by atoms with Crippen molar-refractivity contribution in [3.63, 3.8) is 0 Å². The predicted molar refractivity (Wildman–Crippen MR) is 55.6 cm³/mol. The van der Waals surface area contributed by atoms with Crippen LogP contribution in [0.2, 0.25) is 0 Å². The average molecular weight is 198 g/mol.